The standard InChI is InChI=1S/C13H12O2/c1-2-15-13-6-5-11-4-3-10(9-14)7-12(11)8-13/h3-9H,2H2,1H3. The van der Waals surface area contributed by atoms with Crippen molar-refractivity contribution in [1.82, 2.24) is 0 Å². The molecular weight excluding hydrogens is 188 g/mol. The number of aldehydes is 1. The highest BCUT2D eigenvalue weighted by atomic mass is 16.5. The first kappa shape index (κ1) is 9.71. The molecule has 0 unspecified atom stereocenters. The van der Waals surface area contributed by atoms with Gasteiger partial charge in [0.05, 0.1) is 6.61 Å². The van der Waals surface area contributed by atoms with Crippen molar-refractivity contribution >= 4 is 17.1 Å². The Bertz CT molecular complexity index is 489. The number of rotatable bonds is 3. The van der Waals surface area contributed by atoms with Gasteiger partial charge in [-0.1, -0.05) is 18.2 Å². The average molecular weight is 200 g/mol. The Morgan fingerprint density at radius 3 is 2.67 bits per heavy atom. The Balaban J connectivity index is 2.52. The van der Waals surface area contributed by atoms with Crippen LogP contribution in [-0.4, -0.2) is 12.9 Å². The van der Waals surface area contributed by atoms with E-state index in [0.29, 0.717) is 12.2 Å². The van der Waals surface area contributed by atoms with Crippen LogP contribution < -0.4 is 4.74 Å². The van der Waals surface area contributed by atoms with E-state index >= 15 is 0 Å². The number of carbonyl (C=O) groups excluding carboxylic acids is 1. The molecule has 76 valence electrons. The van der Waals surface area contributed by atoms with E-state index in [4.69, 9.17) is 4.74 Å². The predicted molar refractivity (Wildman–Crippen MR) is 60.5 cm³/mol. The summed E-state index contributed by atoms with van der Waals surface area (Å²) in [7, 11) is 0. The molecule has 0 amide bonds. The van der Waals surface area contributed by atoms with Gasteiger partial charge in [-0.15, -0.1) is 0 Å². The first-order valence-electron chi connectivity index (χ1n) is 4.95. The highest BCUT2D eigenvalue weighted by Crippen LogP contribution is 2.21. The van der Waals surface area contributed by atoms with Crippen molar-refractivity contribution in [2.75, 3.05) is 6.61 Å². The van der Waals surface area contributed by atoms with Crippen LogP contribution in [0.1, 0.15) is 17.3 Å². The Labute approximate surface area is 88.5 Å². The first-order valence-corrected chi connectivity index (χ1v) is 4.95. The van der Waals surface area contributed by atoms with Crippen molar-refractivity contribution < 1.29 is 9.53 Å². The van der Waals surface area contributed by atoms with Crippen LogP contribution in [-0.2, 0) is 0 Å². The minimum absolute atomic E-state index is 0.652. The molecule has 0 N–H and O–H groups in total. The molecule has 0 aliphatic carbocycles. The zero-order valence-corrected chi connectivity index (χ0v) is 8.57. The SMILES string of the molecule is CCOc1ccc2ccc(C=O)cc2c1. The molecule has 0 fully saturated rings. The van der Waals surface area contributed by atoms with Gasteiger partial charge < -0.3 is 4.74 Å². The smallest absolute Gasteiger partial charge is 0.150 e. The van der Waals surface area contributed by atoms with E-state index in [1.165, 1.54) is 0 Å². The summed E-state index contributed by atoms with van der Waals surface area (Å²) < 4.78 is 5.40. The summed E-state index contributed by atoms with van der Waals surface area (Å²) in [6.45, 7) is 2.60. The zero-order chi connectivity index (χ0) is 10.7. The maximum Gasteiger partial charge on any atom is 0.150 e. The van der Waals surface area contributed by atoms with Gasteiger partial charge in [-0.3, -0.25) is 4.79 Å². The monoisotopic (exact) mass is 200 g/mol. The third-order valence-corrected chi connectivity index (χ3v) is 2.28. The minimum atomic E-state index is 0.652. The fraction of sp³-hybridized carbons (Fsp3) is 0.154. The molecular formula is C13H12O2. The van der Waals surface area contributed by atoms with Crippen molar-refractivity contribution in [3.63, 3.8) is 0 Å². The molecule has 2 aromatic rings. The fourth-order valence-corrected chi connectivity index (χ4v) is 1.57. The molecule has 0 aliphatic rings. The molecule has 2 rings (SSSR count). The summed E-state index contributed by atoms with van der Waals surface area (Å²) in [6, 6.07) is 11.5. The lowest BCUT2D eigenvalue weighted by Crippen LogP contribution is -1.90. The van der Waals surface area contributed by atoms with E-state index in [0.717, 1.165) is 22.8 Å². The highest BCUT2D eigenvalue weighted by molar-refractivity contribution is 5.89. The van der Waals surface area contributed by atoms with Gasteiger partial charge in [0.25, 0.3) is 0 Å². The van der Waals surface area contributed by atoms with Gasteiger partial charge in [-0.2, -0.15) is 0 Å². The van der Waals surface area contributed by atoms with E-state index < -0.39 is 0 Å². The number of hydrogen-bond donors (Lipinski definition) is 0. The highest BCUT2D eigenvalue weighted by Gasteiger charge is 1.98. The van der Waals surface area contributed by atoms with Gasteiger partial charge in [-0.25, -0.2) is 0 Å². The summed E-state index contributed by atoms with van der Waals surface area (Å²) >= 11 is 0. The third-order valence-electron chi connectivity index (χ3n) is 2.28. The van der Waals surface area contributed by atoms with Crippen LogP contribution in [0.4, 0.5) is 0 Å². The molecule has 15 heavy (non-hydrogen) atoms. The van der Waals surface area contributed by atoms with Gasteiger partial charge in [-0.05, 0) is 35.9 Å². The minimum Gasteiger partial charge on any atom is -0.494 e. The maximum absolute atomic E-state index is 10.6. The summed E-state index contributed by atoms with van der Waals surface area (Å²) in [5, 5.41) is 2.15. The fourth-order valence-electron chi connectivity index (χ4n) is 1.57. The molecule has 0 atom stereocenters. The summed E-state index contributed by atoms with van der Waals surface area (Å²) in [6.07, 6.45) is 0.854. The van der Waals surface area contributed by atoms with Crippen LogP contribution in [0.3, 0.4) is 0 Å². The quantitative estimate of drug-likeness (QED) is 0.712. The van der Waals surface area contributed by atoms with Crippen LogP contribution in [0.2, 0.25) is 0 Å². The van der Waals surface area contributed by atoms with Crippen LogP contribution in [0.25, 0.3) is 10.8 Å². The van der Waals surface area contributed by atoms with Gasteiger partial charge in [0.2, 0.25) is 0 Å². The number of ether oxygens (including phenoxy) is 1. The molecule has 2 heteroatoms. The van der Waals surface area contributed by atoms with E-state index in [-0.39, 0.29) is 0 Å². The number of fused-ring (bicyclic) bond motifs is 1. The Hall–Kier alpha value is -1.83. The van der Waals surface area contributed by atoms with E-state index in [1.807, 2.05) is 43.3 Å². The molecule has 0 saturated carbocycles. The van der Waals surface area contributed by atoms with Crippen LogP contribution in [0.5, 0.6) is 5.75 Å². The molecule has 2 nitrogen and oxygen atoms in total. The second-order valence-corrected chi connectivity index (χ2v) is 3.32. The van der Waals surface area contributed by atoms with Crippen molar-refractivity contribution in [2.45, 2.75) is 6.92 Å². The zero-order valence-electron chi connectivity index (χ0n) is 8.57. The number of benzene rings is 2. The summed E-state index contributed by atoms with van der Waals surface area (Å²) in [5.74, 6) is 0.841. The normalized spacial score (nSPS) is 10.2. The number of carbonyl (C=O) groups is 1. The molecule has 0 aliphatic heterocycles. The van der Waals surface area contributed by atoms with Gasteiger partial charge in [0.1, 0.15) is 12.0 Å². The molecule has 2 aromatic carbocycles. The van der Waals surface area contributed by atoms with Crippen LogP contribution in [0, 0.1) is 0 Å². The van der Waals surface area contributed by atoms with Crippen LogP contribution in [0.15, 0.2) is 36.4 Å². The van der Waals surface area contributed by atoms with E-state index in [2.05, 4.69) is 0 Å². The molecule has 0 radical (unpaired) electrons. The lowest BCUT2D eigenvalue weighted by Gasteiger charge is -2.04. The Morgan fingerprint density at radius 2 is 1.93 bits per heavy atom. The Morgan fingerprint density at radius 1 is 1.13 bits per heavy atom. The summed E-state index contributed by atoms with van der Waals surface area (Å²) in [5.41, 5.74) is 0.691. The predicted octanol–water partition coefficient (Wildman–Crippen LogP) is 3.05. The molecule has 0 heterocycles. The molecule has 0 bridgehead atoms. The second-order valence-electron chi connectivity index (χ2n) is 3.32. The molecule has 0 spiro atoms. The van der Waals surface area contributed by atoms with E-state index in [1.54, 1.807) is 0 Å². The van der Waals surface area contributed by atoms with Gasteiger partial charge in [0.15, 0.2) is 0 Å². The topological polar surface area (TPSA) is 26.3 Å². The maximum atomic E-state index is 10.6. The molecule has 0 aromatic heterocycles. The molecule has 0 saturated heterocycles. The van der Waals surface area contributed by atoms with Gasteiger partial charge in [0, 0.05) is 5.56 Å². The van der Waals surface area contributed by atoms with Gasteiger partial charge >= 0.3 is 0 Å². The number of hydrogen-bond acceptors (Lipinski definition) is 2. The average Bonchev–Trinajstić information content (AvgIpc) is 2.28. The van der Waals surface area contributed by atoms with Crippen molar-refractivity contribution in [2.24, 2.45) is 0 Å². The second kappa shape index (κ2) is 4.13. The first-order chi connectivity index (χ1) is 7.33. The lowest BCUT2D eigenvalue weighted by molar-refractivity contribution is 0.112. The van der Waals surface area contributed by atoms with E-state index in [9.17, 15) is 4.79 Å². The van der Waals surface area contributed by atoms with Crippen LogP contribution >= 0.6 is 0 Å². The third kappa shape index (κ3) is 1.99. The van der Waals surface area contributed by atoms with Crippen molar-refractivity contribution in [1.29, 1.82) is 0 Å². The van der Waals surface area contributed by atoms with Crippen molar-refractivity contribution in [3.8, 4) is 5.75 Å². The summed E-state index contributed by atoms with van der Waals surface area (Å²) in [4.78, 5) is 10.6. The largest absolute Gasteiger partial charge is 0.494 e. The van der Waals surface area contributed by atoms with Crippen molar-refractivity contribution in [3.05, 3.63) is 42.0 Å². The lowest BCUT2D eigenvalue weighted by atomic mass is 10.1. The Kier molecular flexibility index (Phi) is 2.68.